The molecule has 0 saturated carbocycles. The number of anilines is 1. The van der Waals surface area contributed by atoms with Gasteiger partial charge in [0, 0.05) is 32.5 Å². The van der Waals surface area contributed by atoms with Crippen LogP contribution in [0.5, 0.6) is 0 Å². The molecule has 1 N–H and O–H groups in total. The van der Waals surface area contributed by atoms with Crippen LogP contribution in [0.2, 0.25) is 0 Å². The van der Waals surface area contributed by atoms with Gasteiger partial charge in [0.25, 0.3) is 5.91 Å². The molecule has 3 rings (SSSR count). The maximum atomic E-state index is 12.4. The maximum absolute atomic E-state index is 12.4. The second-order valence-electron chi connectivity index (χ2n) is 6.11. The van der Waals surface area contributed by atoms with Gasteiger partial charge in [0.2, 0.25) is 0 Å². The Kier molecular flexibility index (Phi) is 4.66. The van der Waals surface area contributed by atoms with E-state index in [-0.39, 0.29) is 12.5 Å². The van der Waals surface area contributed by atoms with E-state index in [4.69, 9.17) is 0 Å². The smallest absolute Gasteiger partial charge is 0.255 e. The van der Waals surface area contributed by atoms with E-state index in [0.29, 0.717) is 18.5 Å². The number of β-amino-alcohol motifs (C(OH)–C–C–N with tert-alkyl or cyclic N) is 1. The van der Waals surface area contributed by atoms with Crippen molar-refractivity contribution in [3.8, 4) is 0 Å². The third-order valence-electron chi connectivity index (χ3n) is 4.14. The first-order valence-corrected chi connectivity index (χ1v) is 7.83. The van der Waals surface area contributed by atoms with Crippen LogP contribution >= 0.6 is 0 Å². The van der Waals surface area contributed by atoms with E-state index in [0.717, 1.165) is 18.8 Å². The third-order valence-corrected chi connectivity index (χ3v) is 4.14. The second-order valence-corrected chi connectivity index (χ2v) is 6.11. The summed E-state index contributed by atoms with van der Waals surface area (Å²) in [5.74, 6) is 0.554. The minimum Gasteiger partial charge on any atom is -0.386 e. The van der Waals surface area contributed by atoms with Gasteiger partial charge in [-0.15, -0.1) is 0 Å². The number of likely N-dealkylation sites (N-methyl/N-ethyl adjacent to an activating group) is 1. The van der Waals surface area contributed by atoms with Gasteiger partial charge in [0.05, 0.1) is 36.3 Å². The van der Waals surface area contributed by atoms with Crippen LogP contribution in [0.4, 0.5) is 5.82 Å². The fourth-order valence-corrected chi connectivity index (χ4v) is 3.04. The number of rotatable bonds is 4. The van der Waals surface area contributed by atoms with E-state index in [1.807, 2.05) is 4.90 Å². The molecule has 1 saturated heterocycles. The standard InChI is InChI=1S/C16H20N6O2/c1-21(15(23)13-3-5-19-20-9-13)11-16(24)4-2-8-22(12-16)14-10-17-6-7-18-14/h3,5-7,9-10,24H,2,4,8,11-12H2,1H3/t16-/m1/s1. The van der Waals surface area contributed by atoms with Crippen molar-refractivity contribution >= 4 is 11.7 Å². The van der Waals surface area contributed by atoms with Crippen LogP contribution in [-0.2, 0) is 0 Å². The van der Waals surface area contributed by atoms with E-state index in [9.17, 15) is 9.90 Å². The zero-order chi connectivity index (χ0) is 17.0. The number of amides is 1. The summed E-state index contributed by atoms with van der Waals surface area (Å²) >= 11 is 0. The van der Waals surface area contributed by atoms with Crippen LogP contribution in [0, 0.1) is 0 Å². The largest absolute Gasteiger partial charge is 0.386 e. The molecule has 1 atom stereocenters. The highest BCUT2D eigenvalue weighted by Crippen LogP contribution is 2.25. The number of hydrogen-bond donors (Lipinski definition) is 1. The number of piperidine rings is 1. The van der Waals surface area contributed by atoms with Gasteiger partial charge in [-0.3, -0.25) is 9.78 Å². The van der Waals surface area contributed by atoms with Crippen molar-refractivity contribution < 1.29 is 9.90 Å². The summed E-state index contributed by atoms with van der Waals surface area (Å²) in [6, 6.07) is 1.61. The number of carbonyl (C=O) groups is 1. The highest BCUT2D eigenvalue weighted by Gasteiger charge is 2.36. The zero-order valence-electron chi connectivity index (χ0n) is 13.5. The zero-order valence-corrected chi connectivity index (χ0v) is 13.5. The predicted octanol–water partition coefficient (Wildman–Crippen LogP) is 0.370. The van der Waals surface area contributed by atoms with E-state index in [2.05, 4.69) is 20.2 Å². The molecule has 1 amide bonds. The van der Waals surface area contributed by atoms with E-state index in [1.54, 1.807) is 31.7 Å². The van der Waals surface area contributed by atoms with Gasteiger partial charge in [-0.2, -0.15) is 10.2 Å². The average molecular weight is 328 g/mol. The van der Waals surface area contributed by atoms with Crippen molar-refractivity contribution in [3.63, 3.8) is 0 Å². The Hall–Kier alpha value is -2.61. The van der Waals surface area contributed by atoms with Gasteiger partial charge in [-0.1, -0.05) is 0 Å². The molecule has 126 valence electrons. The maximum Gasteiger partial charge on any atom is 0.255 e. The average Bonchev–Trinajstić information content (AvgIpc) is 2.62. The van der Waals surface area contributed by atoms with Crippen LogP contribution in [0.25, 0.3) is 0 Å². The number of nitrogens with zero attached hydrogens (tertiary/aromatic N) is 6. The van der Waals surface area contributed by atoms with Gasteiger partial charge < -0.3 is 14.9 Å². The lowest BCUT2D eigenvalue weighted by atomic mass is 9.92. The lowest BCUT2D eigenvalue weighted by molar-refractivity contribution is -0.000160. The molecule has 8 heteroatoms. The Balaban J connectivity index is 1.68. The highest BCUT2D eigenvalue weighted by atomic mass is 16.3. The monoisotopic (exact) mass is 328 g/mol. The molecule has 0 radical (unpaired) electrons. The number of carbonyl (C=O) groups excluding carboxylic acids is 1. The van der Waals surface area contributed by atoms with Gasteiger partial charge in [-0.05, 0) is 18.9 Å². The molecule has 0 spiro atoms. The van der Waals surface area contributed by atoms with E-state index in [1.165, 1.54) is 17.3 Å². The molecule has 3 heterocycles. The quantitative estimate of drug-likeness (QED) is 0.866. The number of aliphatic hydroxyl groups is 1. The fourth-order valence-electron chi connectivity index (χ4n) is 3.04. The Morgan fingerprint density at radius 3 is 2.92 bits per heavy atom. The molecule has 2 aromatic heterocycles. The molecule has 1 aliphatic heterocycles. The summed E-state index contributed by atoms with van der Waals surface area (Å²) in [6.07, 6.45) is 9.30. The van der Waals surface area contributed by atoms with Crippen LogP contribution in [0.15, 0.2) is 37.1 Å². The third kappa shape index (κ3) is 3.65. The molecule has 0 unspecified atom stereocenters. The molecule has 1 fully saturated rings. The molecular weight excluding hydrogens is 308 g/mol. The first-order chi connectivity index (χ1) is 11.6. The molecule has 24 heavy (non-hydrogen) atoms. The summed E-state index contributed by atoms with van der Waals surface area (Å²) in [5, 5.41) is 18.3. The highest BCUT2D eigenvalue weighted by molar-refractivity contribution is 5.93. The molecule has 2 aromatic rings. The topological polar surface area (TPSA) is 95.3 Å². The Bertz CT molecular complexity index is 683. The van der Waals surface area contributed by atoms with Gasteiger partial charge in [0.15, 0.2) is 0 Å². The van der Waals surface area contributed by atoms with Crippen molar-refractivity contribution in [1.82, 2.24) is 25.1 Å². The van der Waals surface area contributed by atoms with Crippen LogP contribution in [0.3, 0.4) is 0 Å². The summed E-state index contributed by atoms with van der Waals surface area (Å²) in [6.45, 7) is 1.47. The minimum absolute atomic E-state index is 0.185. The predicted molar refractivity (Wildman–Crippen MR) is 87.4 cm³/mol. The first-order valence-electron chi connectivity index (χ1n) is 7.83. The molecule has 0 bridgehead atoms. The van der Waals surface area contributed by atoms with Crippen molar-refractivity contribution in [2.24, 2.45) is 0 Å². The van der Waals surface area contributed by atoms with Gasteiger partial charge >= 0.3 is 0 Å². The summed E-state index contributed by atoms with van der Waals surface area (Å²) in [4.78, 5) is 24.3. The van der Waals surface area contributed by atoms with Crippen LogP contribution in [0.1, 0.15) is 23.2 Å². The molecule has 0 aliphatic carbocycles. The lowest BCUT2D eigenvalue weighted by Crippen LogP contribution is -2.54. The Morgan fingerprint density at radius 2 is 2.21 bits per heavy atom. The van der Waals surface area contributed by atoms with Crippen molar-refractivity contribution in [1.29, 1.82) is 0 Å². The molecule has 0 aromatic carbocycles. The SMILES string of the molecule is CN(C[C@]1(O)CCCN(c2cnccn2)C1)C(=O)c1ccnnc1. The summed E-state index contributed by atoms with van der Waals surface area (Å²) < 4.78 is 0. The molecule has 8 nitrogen and oxygen atoms in total. The Labute approximate surface area is 140 Å². The minimum atomic E-state index is -0.985. The summed E-state index contributed by atoms with van der Waals surface area (Å²) in [7, 11) is 1.68. The van der Waals surface area contributed by atoms with Gasteiger partial charge in [-0.25, -0.2) is 4.98 Å². The van der Waals surface area contributed by atoms with E-state index >= 15 is 0 Å². The lowest BCUT2D eigenvalue weighted by Gasteiger charge is -2.41. The summed E-state index contributed by atoms with van der Waals surface area (Å²) in [5.41, 5.74) is -0.529. The number of aromatic nitrogens is 4. The molecular formula is C16H20N6O2. The van der Waals surface area contributed by atoms with Crippen molar-refractivity contribution in [3.05, 3.63) is 42.6 Å². The number of hydrogen-bond acceptors (Lipinski definition) is 7. The Morgan fingerprint density at radius 1 is 1.33 bits per heavy atom. The first kappa shape index (κ1) is 16.3. The van der Waals surface area contributed by atoms with Crippen LogP contribution in [-0.4, -0.2) is 68.4 Å². The van der Waals surface area contributed by atoms with Gasteiger partial charge in [0.1, 0.15) is 5.82 Å². The normalized spacial score (nSPS) is 20.7. The van der Waals surface area contributed by atoms with Crippen molar-refractivity contribution in [2.45, 2.75) is 18.4 Å². The van der Waals surface area contributed by atoms with E-state index < -0.39 is 5.60 Å². The van der Waals surface area contributed by atoms with Crippen molar-refractivity contribution in [2.75, 3.05) is 31.6 Å². The fraction of sp³-hybridized carbons (Fsp3) is 0.438. The molecule has 1 aliphatic rings. The second kappa shape index (κ2) is 6.88. The van der Waals surface area contributed by atoms with Crippen LogP contribution < -0.4 is 4.90 Å².